The molecule has 42 heavy (non-hydrogen) atoms. The van der Waals surface area contributed by atoms with Gasteiger partial charge in [-0.05, 0) is 49.2 Å². The van der Waals surface area contributed by atoms with Crippen LogP contribution >= 0.6 is 0 Å². The minimum Gasteiger partial charge on any atom is -0.343 e. The van der Waals surface area contributed by atoms with Crippen molar-refractivity contribution in [3.05, 3.63) is 59.5 Å². The molecule has 5 amide bonds. The van der Waals surface area contributed by atoms with E-state index in [4.69, 9.17) is 0 Å². The van der Waals surface area contributed by atoms with Crippen LogP contribution in [-0.4, -0.2) is 83.0 Å². The van der Waals surface area contributed by atoms with E-state index in [0.717, 1.165) is 11.2 Å². The molecular formula is C25H22F4N6O6S. The second kappa shape index (κ2) is 10.1. The highest BCUT2D eigenvalue weighted by Crippen LogP contribution is 2.42. The van der Waals surface area contributed by atoms with Crippen LogP contribution in [0.1, 0.15) is 28.8 Å². The molecule has 2 N–H and O–H groups in total. The first-order valence-electron chi connectivity index (χ1n) is 12.4. The molecule has 17 heteroatoms. The topological polar surface area (TPSA) is 153 Å². The van der Waals surface area contributed by atoms with Crippen LogP contribution in [0.5, 0.6) is 0 Å². The van der Waals surface area contributed by atoms with Gasteiger partial charge in [0.1, 0.15) is 11.4 Å². The van der Waals surface area contributed by atoms with Crippen molar-refractivity contribution in [2.24, 2.45) is 0 Å². The van der Waals surface area contributed by atoms with E-state index in [-0.39, 0.29) is 35.9 Å². The zero-order valence-electron chi connectivity index (χ0n) is 21.7. The highest BCUT2D eigenvalue weighted by molar-refractivity contribution is 7.89. The fraction of sp³-hybridized carbons (Fsp3) is 0.320. The van der Waals surface area contributed by atoms with Gasteiger partial charge in [-0.15, -0.1) is 0 Å². The Morgan fingerprint density at radius 2 is 1.79 bits per heavy atom. The lowest BCUT2D eigenvalue weighted by atomic mass is 9.85. The summed E-state index contributed by atoms with van der Waals surface area (Å²) in [5, 5.41) is 9.37. The van der Waals surface area contributed by atoms with Crippen molar-refractivity contribution in [2.45, 2.75) is 24.6 Å². The van der Waals surface area contributed by atoms with Crippen LogP contribution in [-0.2, 0) is 25.8 Å². The molecular weight excluding hydrogens is 588 g/mol. The third-order valence-corrected chi connectivity index (χ3v) is 8.26. The Balaban J connectivity index is 1.33. The van der Waals surface area contributed by atoms with Crippen molar-refractivity contribution in [3.8, 4) is 0 Å². The molecule has 222 valence electrons. The Morgan fingerprint density at radius 1 is 1.10 bits per heavy atom. The average molecular weight is 611 g/mol. The molecule has 1 spiro atoms. The summed E-state index contributed by atoms with van der Waals surface area (Å²) in [4.78, 5) is 54.4. The van der Waals surface area contributed by atoms with E-state index in [9.17, 15) is 45.2 Å². The Bertz CT molecular complexity index is 1730. The van der Waals surface area contributed by atoms with E-state index in [1.807, 2.05) is 0 Å². The van der Waals surface area contributed by atoms with Crippen molar-refractivity contribution >= 4 is 50.4 Å². The Morgan fingerprint density at radius 3 is 2.43 bits per heavy atom. The summed E-state index contributed by atoms with van der Waals surface area (Å²) >= 11 is 0. The standard InChI is InChI=1S/C25H22F4N6O6S/c1-42(40,41)35-22(38)24(34(23(35)39)16-3-5-19-14(10-16)12-31-32-19)6-8-33(9-7-24)20(36)13-30-21(37)17-11-15(25(27,28)29)2-4-18(17)26/h2-5,10-12H,6-9,13H2,1H3,(H,30,37)(H,31,32). The number of fused-ring (bicyclic) bond motifs is 1. The molecule has 0 radical (unpaired) electrons. The summed E-state index contributed by atoms with van der Waals surface area (Å²) in [6.07, 6.45) is -2.91. The zero-order valence-corrected chi connectivity index (χ0v) is 22.6. The fourth-order valence-corrected chi connectivity index (χ4v) is 6.00. The second-order valence-corrected chi connectivity index (χ2v) is 11.7. The number of aromatic amines is 1. The van der Waals surface area contributed by atoms with Crippen LogP contribution in [0.3, 0.4) is 0 Å². The number of nitrogens with zero attached hydrogens (tertiary/aromatic N) is 4. The largest absolute Gasteiger partial charge is 0.416 e. The Hall–Kier alpha value is -4.54. The molecule has 2 aromatic carbocycles. The van der Waals surface area contributed by atoms with Gasteiger partial charge in [-0.3, -0.25) is 24.4 Å². The number of carbonyl (C=O) groups is 4. The highest BCUT2D eigenvalue weighted by atomic mass is 32.2. The highest BCUT2D eigenvalue weighted by Gasteiger charge is 2.61. The summed E-state index contributed by atoms with van der Waals surface area (Å²) in [6.45, 7) is -0.952. The maximum absolute atomic E-state index is 14.0. The minimum atomic E-state index is -4.81. The van der Waals surface area contributed by atoms with E-state index in [1.54, 1.807) is 12.1 Å². The summed E-state index contributed by atoms with van der Waals surface area (Å²) in [5.74, 6) is -4.10. The van der Waals surface area contributed by atoms with Gasteiger partial charge >= 0.3 is 12.2 Å². The molecule has 0 aliphatic carbocycles. The average Bonchev–Trinajstić information content (AvgIpc) is 3.46. The number of imide groups is 1. The Kier molecular flexibility index (Phi) is 6.95. The van der Waals surface area contributed by atoms with Gasteiger partial charge in [-0.1, -0.05) is 0 Å². The first kappa shape index (κ1) is 29.0. The lowest BCUT2D eigenvalue weighted by molar-refractivity contribution is -0.137. The van der Waals surface area contributed by atoms with E-state index < -0.39 is 69.0 Å². The van der Waals surface area contributed by atoms with Crippen LogP contribution < -0.4 is 10.2 Å². The summed E-state index contributed by atoms with van der Waals surface area (Å²) < 4.78 is 78.0. The number of urea groups is 1. The van der Waals surface area contributed by atoms with E-state index in [2.05, 4.69) is 15.5 Å². The van der Waals surface area contributed by atoms with Crippen LogP contribution in [0, 0.1) is 5.82 Å². The zero-order chi connectivity index (χ0) is 30.6. The molecule has 1 aromatic heterocycles. The summed E-state index contributed by atoms with van der Waals surface area (Å²) in [5.41, 5.74) is -2.89. The van der Waals surface area contributed by atoms with Gasteiger partial charge in [0.05, 0.1) is 35.6 Å². The number of sulfonamides is 1. The van der Waals surface area contributed by atoms with Crippen LogP contribution in [0.2, 0.25) is 0 Å². The SMILES string of the molecule is CS(=O)(=O)N1C(=O)N(c2ccc3[nH]ncc3c2)C2(CCN(C(=O)CNC(=O)c3cc(C(F)(F)F)ccc3F)CC2)C1=O. The predicted molar refractivity (Wildman–Crippen MR) is 138 cm³/mol. The van der Waals surface area contributed by atoms with Crippen LogP contribution in [0.15, 0.2) is 42.6 Å². The molecule has 2 aliphatic rings. The number of likely N-dealkylation sites (tertiary alicyclic amines) is 1. The number of aromatic nitrogens is 2. The first-order valence-corrected chi connectivity index (χ1v) is 14.2. The van der Waals surface area contributed by atoms with E-state index in [0.29, 0.717) is 29.1 Å². The molecule has 0 atom stereocenters. The predicted octanol–water partition coefficient (Wildman–Crippen LogP) is 2.24. The van der Waals surface area contributed by atoms with Gasteiger partial charge in [0.15, 0.2) is 0 Å². The number of H-pyrrole nitrogens is 1. The fourth-order valence-electron chi connectivity index (χ4n) is 5.17. The quantitative estimate of drug-likeness (QED) is 0.332. The van der Waals surface area contributed by atoms with Crippen molar-refractivity contribution in [1.29, 1.82) is 0 Å². The smallest absolute Gasteiger partial charge is 0.343 e. The van der Waals surface area contributed by atoms with Crippen molar-refractivity contribution < 1.29 is 45.2 Å². The van der Waals surface area contributed by atoms with Gasteiger partial charge in [-0.2, -0.15) is 22.6 Å². The maximum atomic E-state index is 14.0. The molecule has 3 heterocycles. The Labute approximate surface area is 235 Å². The normalized spacial score (nSPS) is 17.4. The maximum Gasteiger partial charge on any atom is 0.416 e. The lowest BCUT2D eigenvalue weighted by Gasteiger charge is -2.42. The van der Waals surface area contributed by atoms with Crippen molar-refractivity contribution in [2.75, 3.05) is 30.8 Å². The third-order valence-electron chi connectivity index (χ3n) is 7.27. The molecule has 0 saturated carbocycles. The summed E-state index contributed by atoms with van der Waals surface area (Å²) in [6, 6.07) is 4.96. The van der Waals surface area contributed by atoms with E-state index in [1.165, 1.54) is 17.2 Å². The van der Waals surface area contributed by atoms with Crippen LogP contribution in [0.25, 0.3) is 10.9 Å². The minimum absolute atomic E-state index is 0.131. The summed E-state index contributed by atoms with van der Waals surface area (Å²) in [7, 11) is -4.29. The number of carbonyl (C=O) groups excluding carboxylic acids is 4. The number of piperidine rings is 1. The molecule has 2 saturated heterocycles. The van der Waals surface area contributed by atoms with E-state index >= 15 is 0 Å². The lowest BCUT2D eigenvalue weighted by Crippen LogP contribution is -2.58. The molecule has 2 aliphatic heterocycles. The number of rotatable bonds is 5. The van der Waals surface area contributed by atoms with Gasteiger partial charge < -0.3 is 10.2 Å². The van der Waals surface area contributed by atoms with Gasteiger partial charge in [-0.25, -0.2) is 17.6 Å². The number of hydrogen-bond donors (Lipinski definition) is 2. The molecule has 0 bridgehead atoms. The second-order valence-electron chi connectivity index (χ2n) is 9.88. The number of amides is 5. The molecule has 5 rings (SSSR count). The van der Waals surface area contributed by atoms with Crippen molar-refractivity contribution in [3.63, 3.8) is 0 Å². The van der Waals surface area contributed by atoms with Gasteiger partial charge in [0.25, 0.3) is 11.8 Å². The van der Waals surface area contributed by atoms with Crippen molar-refractivity contribution in [1.82, 2.24) is 24.7 Å². The third kappa shape index (κ3) is 4.93. The molecule has 2 fully saturated rings. The molecule has 0 unspecified atom stereocenters. The number of nitrogens with one attached hydrogen (secondary N) is 2. The number of hydrogen-bond acceptors (Lipinski definition) is 7. The number of alkyl halides is 3. The number of anilines is 1. The molecule has 3 aromatic rings. The molecule has 12 nitrogen and oxygen atoms in total. The van der Waals surface area contributed by atoms with Gasteiger partial charge in [0, 0.05) is 24.2 Å². The van der Waals surface area contributed by atoms with Crippen LogP contribution in [0.4, 0.5) is 28.0 Å². The first-order chi connectivity index (χ1) is 19.6. The number of halogens is 4. The monoisotopic (exact) mass is 610 g/mol. The van der Waals surface area contributed by atoms with Gasteiger partial charge in [0.2, 0.25) is 15.9 Å². The number of benzene rings is 2.